The van der Waals surface area contributed by atoms with Gasteiger partial charge in [-0.2, -0.15) is 10.2 Å². The average molecular weight is 354 g/mol. The Morgan fingerprint density at radius 1 is 1.19 bits per heavy atom. The summed E-state index contributed by atoms with van der Waals surface area (Å²) in [4.78, 5) is 23.0. The molecule has 0 radical (unpaired) electrons. The quantitative estimate of drug-likeness (QED) is 0.737. The van der Waals surface area contributed by atoms with Crippen molar-refractivity contribution in [1.82, 2.24) is 29.5 Å². The molecule has 1 N–H and O–H groups in total. The van der Waals surface area contributed by atoms with E-state index in [4.69, 9.17) is 0 Å². The van der Waals surface area contributed by atoms with E-state index >= 15 is 0 Å². The van der Waals surface area contributed by atoms with Crippen molar-refractivity contribution in [3.05, 3.63) is 34.6 Å². The van der Waals surface area contributed by atoms with Crippen LogP contribution in [0.4, 0.5) is 11.5 Å². The molecule has 4 heterocycles. The highest BCUT2D eigenvalue weighted by Crippen LogP contribution is 2.24. The molecule has 9 nitrogen and oxygen atoms in total. The lowest BCUT2D eigenvalue weighted by atomic mass is 10.1. The average Bonchev–Trinajstić information content (AvgIpc) is 3.23. The van der Waals surface area contributed by atoms with Crippen molar-refractivity contribution in [2.45, 2.75) is 13.3 Å². The van der Waals surface area contributed by atoms with Crippen LogP contribution >= 0.6 is 0 Å². The highest BCUT2D eigenvalue weighted by Gasteiger charge is 2.23. The normalized spacial score (nSPS) is 17.2. The van der Waals surface area contributed by atoms with Crippen LogP contribution in [0.2, 0.25) is 0 Å². The van der Waals surface area contributed by atoms with E-state index in [2.05, 4.69) is 30.4 Å². The zero-order valence-electron chi connectivity index (χ0n) is 15.2. The van der Waals surface area contributed by atoms with Crippen molar-refractivity contribution in [1.29, 1.82) is 0 Å². The molecule has 0 amide bonds. The van der Waals surface area contributed by atoms with Gasteiger partial charge in [0.25, 0.3) is 5.56 Å². The number of hydrogen-bond acceptors (Lipinski definition) is 7. The Morgan fingerprint density at radius 2 is 2.00 bits per heavy atom. The van der Waals surface area contributed by atoms with Crippen molar-refractivity contribution >= 4 is 22.5 Å². The number of hydrogen-bond donors (Lipinski definition) is 1. The van der Waals surface area contributed by atoms with E-state index in [-0.39, 0.29) is 5.56 Å². The molecule has 0 bridgehead atoms. The van der Waals surface area contributed by atoms with Crippen molar-refractivity contribution in [2.24, 2.45) is 20.0 Å². The molecule has 1 atom stereocenters. The maximum Gasteiger partial charge on any atom is 0.268 e. The molecule has 0 aromatic carbocycles. The van der Waals surface area contributed by atoms with Crippen LogP contribution in [0.3, 0.4) is 0 Å². The van der Waals surface area contributed by atoms with Gasteiger partial charge in [0, 0.05) is 39.8 Å². The molecule has 9 heteroatoms. The van der Waals surface area contributed by atoms with Gasteiger partial charge in [0.2, 0.25) is 0 Å². The Kier molecular flexibility index (Phi) is 4.06. The lowest BCUT2D eigenvalue weighted by molar-refractivity contribution is 0.621. The minimum Gasteiger partial charge on any atom is -0.370 e. The summed E-state index contributed by atoms with van der Waals surface area (Å²) in [6.45, 7) is 4.52. The second-order valence-electron chi connectivity index (χ2n) is 6.78. The Labute approximate surface area is 150 Å². The monoisotopic (exact) mass is 354 g/mol. The first-order valence-electron chi connectivity index (χ1n) is 8.70. The third-order valence-electron chi connectivity index (χ3n) is 4.87. The summed E-state index contributed by atoms with van der Waals surface area (Å²) in [5.41, 5.74) is 1.64. The first-order chi connectivity index (χ1) is 12.5. The van der Waals surface area contributed by atoms with Gasteiger partial charge in [0.05, 0.1) is 23.5 Å². The molecule has 26 heavy (non-hydrogen) atoms. The molecule has 0 spiro atoms. The van der Waals surface area contributed by atoms with Crippen LogP contribution < -0.4 is 15.8 Å². The van der Waals surface area contributed by atoms with Gasteiger partial charge in [-0.15, -0.1) is 0 Å². The summed E-state index contributed by atoms with van der Waals surface area (Å²) in [6, 6.07) is 1.65. The topological polar surface area (TPSA) is 93.8 Å². The van der Waals surface area contributed by atoms with E-state index in [1.54, 1.807) is 30.2 Å². The van der Waals surface area contributed by atoms with Crippen LogP contribution in [-0.4, -0.2) is 49.2 Å². The fourth-order valence-electron chi connectivity index (χ4n) is 3.37. The predicted octanol–water partition coefficient (Wildman–Crippen LogP) is 0.704. The highest BCUT2D eigenvalue weighted by atomic mass is 16.1. The molecular formula is C17H22N8O. The second-order valence-corrected chi connectivity index (χ2v) is 6.78. The summed E-state index contributed by atoms with van der Waals surface area (Å²) >= 11 is 0. The van der Waals surface area contributed by atoms with Crippen LogP contribution in [0.15, 0.2) is 23.3 Å². The van der Waals surface area contributed by atoms with Crippen LogP contribution in [0.1, 0.15) is 12.2 Å². The standard InChI is InChI=1S/C17H22N8O/c1-11-21-16(14-9-20-24(3)17(14)22-11)18-7-12-4-5-25(10-12)13-6-15(26)23(2)19-8-13/h6,8-9,12H,4-5,7,10H2,1-3H3,(H,18,21,22). The van der Waals surface area contributed by atoms with E-state index in [0.29, 0.717) is 5.92 Å². The molecule has 3 aromatic rings. The number of rotatable bonds is 4. The smallest absolute Gasteiger partial charge is 0.268 e. The van der Waals surface area contributed by atoms with Crippen molar-refractivity contribution in [2.75, 3.05) is 29.9 Å². The van der Waals surface area contributed by atoms with Crippen LogP contribution in [0.25, 0.3) is 11.0 Å². The van der Waals surface area contributed by atoms with E-state index in [9.17, 15) is 4.79 Å². The molecule has 1 unspecified atom stereocenters. The molecule has 136 valence electrons. The van der Waals surface area contributed by atoms with Gasteiger partial charge in [-0.05, 0) is 19.3 Å². The minimum atomic E-state index is -0.0838. The van der Waals surface area contributed by atoms with E-state index in [0.717, 1.165) is 54.4 Å². The van der Waals surface area contributed by atoms with Crippen molar-refractivity contribution in [3.8, 4) is 0 Å². The lowest BCUT2D eigenvalue weighted by Gasteiger charge is -2.18. The first-order valence-corrected chi connectivity index (χ1v) is 8.70. The lowest BCUT2D eigenvalue weighted by Crippen LogP contribution is -2.26. The van der Waals surface area contributed by atoms with E-state index < -0.39 is 0 Å². The minimum absolute atomic E-state index is 0.0838. The fraction of sp³-hybridized carbons (Fsp3) is 0.471. The summed E-state index contributed by atoms with van der Waals surface area (Å²) < 4.78 is 3.10. The molecule has 1 aliphatic heterocycles. The van der Waals surface area contributed by atoms with Gasteiger partial charge in [0.15, 0.2) is 5.65 Å². The van der Waals surface area contributed by atoms with Crippen molar-refractivity contribution < 1.29 is 0 Å². The molecule has 0 aliphatic carbocycles. The van der Waals surface area contributed by atoms with Gasteiger partial charge in [0.1, 0.15) is 11.6 Å². The maximum atomic E-state index is 11.8. The Hall–Kier alpha value is -2.97. The molecular weight excluding hydrogens is 332 g/mol. The first kappa shape index (κ1) is 16.5. The van der Waals surface area contributed by atoms with Gasteiger partial charge in [-0.1, -0.05) is 0 Å². The molecule has 1 aliphatic rings. The summed E-state index contributed by atoms with van der Waals surface area (Å²) in [5, 5.41) is 12.8. The van der Waals surface area contributed by atoms with Gasteiger partial charge >= 0.3 is 0 Å². The third kappa shape index (κ3) is 3.00. The van der Waals surface area contributed by atoms with Crippen LogP contribution in [0, 0.1) is 12.8 Å². The Balaban J connectivity index is 1.45. The van der Waals surface area contributed by atoms with Crippen LogP contribution in [-0.2, 0) is 14.1 Å². The number of anilines is 2. The summed E-state index contributed by atoms with van der Waals surface area (Å²) in [5.74, 6) is 2.03. The van der Waals surface area contributed by atoms with E-state index in [1.165, 1.54) is 4.68 Å². The largest absolute Gasteiger partial charge is 0.370 e. The SMILES string of the molecule is Cc1nc(NCC2CCN(c3cnn(C)c(=O)c3)C2)c2cnn(C)c2n1. The highest BCUT2D eigenvalue weighted by molar-refractivity contribution is 5.86. The van der Waals surface area contributed by atoms with Gasteiger partial charge in [-0.25, -0.2) is 14.6 Å². The molecule has 1 saturated heterocycles. The van der Waals surface area contributed by atoms with Crippen LogP contribution in [0.5, 0.6) is 0 Å². The number of nitrogens with one attached hydrogen (secondary N) is 1. The van der Waals surface area contributed by atoms with Gasteiger partial charge < -0.3 is 10.2 Å². The summed E-state index contributed by atoms with van der Waals surface area (Å²) in [7, 11) is 3.54. The second kappa shape index (κ2) is 6.40. The molecule has 1 fully saturated rings. The van der Waals surface area contributed by atoms with Gasteiger partial charge in [-0.3, -0.25) is 9.48 Å². The summed E-state index contributed by atoms with van der Waals surface area (Å²) in [6.07, 6.45) is 4.61. The number of aromatic nitrogens is 6. The Bertz CT molecular complexity index is 1010. The number of nitrogens with zero attached hydrogens (tertiary/aromatic N) is 7. The zero-order chi connectivity index (χ0) is 18.3. The fourth-order valence-corrected chi connectivity index (χ4v) is 3.37. The Morgan fingerprint density at radius 3 is 2.81 bits per heavy atom. The maximum absolute atomic E-state index is 11.8. The molecule has 3 aromatic heterocycles. The third-order valence-corrected chi connectivity index (χ3v) is 4.87. The molecule has 0 saturated carbocycles. The number of fused-ring (bicyclic) bond motifs is 1. The van der Waals surface area contributed by atoms with Crippen molar-refractivity contribution in [3.63, 3.8) is 0 Å². The predicted molar refractivity (Wildman–Crippen MR) is 99.3 cm³/mol. The zero-order valence-corrected chi connectivity index (χ0v) is 15.2. The number of aryl methyl sites for hydroxylation is 3. The van der Waals surface area contributed by atoms with E-state index in [1.807, 2.05) is 14.0 Å². The molecule has 4 rings (SSSR count).